The lowest BCUT2D eigenvalue weighted by molar-refractivity contribution is 0.918. The standard InChI is InChI=1S/C41H29N5/c42-26-27-19-21-29(22-20-27)34-25-33(28-11-3-1-4-12-28)43-41(44-34)46-36-18-10-8-16-32(36)40-38(46)24-23-37-39(40)31-15-7-9-17-35(31)45(37)30-13-5-2-6-14-30/h2-3,5-7,9,11-25H,1,4,8,10H2. The molecule has 0 fully saturated rings. The van der Waals surface area contributed by atoms with Crippen LogP contribution in [-0.4, -0.2) is 19.1 Å². The van der Waals surface area contributed by atoms with E-state index in [0.717, 1.165) is 64.8 Å². The van der Waals surface area contributed by atoms with Crippen LogP contribution < -0.4 is 10.6 Å². The smallest absolute Gasteiger partial charge is 0.235 e. The molecule has 0 amide bonds. The van der Waals surface area contributed by atoms with Gasteiger partial charge in [-0.15, -0.1) is 0 Å². The molecule has 4 aromatic carbocycles. The van der Waals surface area contributed by atoms with E-state index in [1.165, 1.54) is 32.4 Å². The first-order valence-corrected chi connectivity index (χ1v) is 15.9. The van der Waals surface area contributed by atoms with E-state index in [4.69, 9.17) is 9.97 Å². The van der Waals surface area contributed by atoms with E-state index in [1.54, 1.807) is 0 Å². The Morgan fingerprint density at radius 2 is 1.37 bits per heavy atom. The molecule has 5 nitrogen and oxygen atoms in total. The van der Waals surface area contributed by atoms with Crippen molar-refractivity contribution in [2.24, 2.45) is 0 Å². The van der Waals surface area contributed by atoms with E-state index in [1.807, 2.05) is 24.3 Å². The van der Waals surface area contributed by atoms with Crippen molar-refractivity contribution in [3.8, 4) is 29.0 Å². The predicted octanol–water partition coefficient (Wildman–Crippen LogP) is 8.14. The van der Waals surface area contributed by atoms with Gasteiger partial charge in [-0.3, -0.25) is 4.57 Å². The number of hydrogen-bond donors (Lipinski definition) is 0. The van der Waals surface area contributed by atoms with Gasteiger partial charge in [0, 0.05) is 32.6 Å². The molecule has 0 saturated heterocycles. The maximum absolute atomic E-state index is 9.40. The van der Waals surface area contributed by atoms with Gasteiger partial charge in [-0.2, -0.15) is 5.26 Å². The number of allylic oxidation sites excluding steroid dienone is 4. The molecule has 218 valence electrons. The van der Waals surface area contributed by atoms with Crippen molar-refractivity contribution in [2.75, 3.05) is 0 Å². The van der Waals surface area contributed by atoms with Gasteiger partial charge in [0.1, 0.15) is 0 Å². The molecule has 0 atom stereocenters. The van der Waals surface area contributed by atoms with Crippen LogP contribution in [0.1, 0.15) is 36.9 Å². The Balaban J connectivity index is 1.38. The van der Waals surface area contributed by atoms with Gasteiger partial charge in [-0.05, 0) is 79.8 Å². The number of benzene rings is 4. The summed E-state index contributed by atoms with van der Waals surface area (Å²) in [5.41, 5.74) is 9.05. The van der Waals surface area contributed by atoms with Crippen molar-refractivity contribution >= 4 is 50.4 Å². The number of nitrogens with zero attached hydrogens (tertiary/aromatic N) is 5. The lowest BCUT2D eigenvalue weighted by Crippen LogP contribution is -2.31. The zero-order chi connectivity index (χ0) is 30.6. The van der Waals surface area contributed by atoms with E-state index in [9.17, 15) is 5.26 Å². The molecule has 2 aliphatic carbocycles. The zero-order valence-electron chi connectivity index (χ0n) is 25.2. The third-order valence-corrected chi connectivity index (χ3v) is 9.23. The first-order chi connectivity index (χ1) is 22.8. The van der Waals surface area contributed by atoms with E-state index in [2.05, 4.69) is 118 Å². The predicted molar refractivity (Wildman–Crippen MR) is 187 cm³/mol. The Kier molecular flexibility index (Phi) is 6.07. The number of fused-ring (bicyclic) bond motifs is 7. The lowest BCUT2D eigenvalue weighted by atomic mass is 10.0. The summed E-state index contributed by atoms with van der Waals surface area (Å²) in [7, 11) is 0. The normalized spacial score (nSPS) is 14.1. The highest BCUT2D eigenvalue weighted by molar-refractivity contribution is 6.21. The summed E-state index contributed by atoms with van der Waals surface area (Å²) in [5, 5.41) is 15.5. The Morgan fingerprint density at radius 1 is 0.630 bits per heavy atom. The minimum Gasteiger partial charge on any atom is -0.309 e. The van der Waals surface area contributed by atoms with Crippen LogP contribution in [0.4, 0.5) is 0 Å². The van der Waals surface area contributed by atoms with Crippen LogP contribution >= 0.6 is 0 Å². The second kappa shape index (κ2) is 10.6. The summed E-state index contributed by atoms with van der Waals surface area (Å²) in [5.74, 6) is 0.653. The Morgan fingerprint density at radius 3 is 2.17 bits per heavy atom. The van der Waals surface area contributed by atoms with Crippen molar-refractivity contribution in [3.63, 3.8) is 0 Å². The number of hydrogen-bond acceptors (Lipinski definition) is 3. The largest absolute Gasteiger partial charge is 0.309 e. The topological polar surface area (TPSA) is 59.4 Å². The highest BCUT2D eigenvalue weighted by atomic mass is 15.2. The maximum Gasteiger partial charge on any atom is 0.235 e. The molecule has 0 bridgehead atoms. The average molecular weight is 592 g/mol. The SMILES string of the molecule is N#Cc1ccc(-c2cc(C3=CCCC=C3)nc(-n3c4c(c5c6c7ccccc7n(-c7ccccc7)c6ccc53)=CCCC=4)n2)cc1. The van der Waals surface area contributed by atoms with Gasteiger partial charge in [0.05, 0.1) is 44.9 Å². The Bertz CT molecular complexity index is 2570. The van der Waals surface area contributed by atoms with Crippen molar-refractivity contribution < 1.29 is 0 Å². The second-order valence-electron chi connectivity index (χ2n) is 11.9. The first kappa shape index (κ1) is 26.4. The Hall–Kier alpha value is -5.99. The average Bonchev–Trinajstić information content (AvgIpc) is 3.65. The minimum absolute atomic E-state index is 0.630. The van der Waals surface area contributed by atoms with Crippen LogP contribution in [-0.2, 0) is 0 Å². The number of nitriles is 1. The lowest BCUT2D eigenvalue weighted by Gasteiger charge is -2.13. The van der Waals surface area contributed by atoms with Gasteiger partial charge in [-0.25, -0.2) is 9.97 Å². The monoisotopic (exact) mass is 591 g/mol. The third-order valence-electron chi connectivity index (χ3n) is 9.23. The van der Waals surface area contributed by atoms with Crippen molar-refractivity contribution in [2.45, 2.75) is 25.7 Å². The molecule has 0 unspecified atom stereocenters. The summed E-state index contributed by atoms with van der Waals surface area (Å²) in [6, 6.07) is 35.8. The van der Waals surface area contributed by atoms with Crippen molar-refractivity contribution in [1.29, 1.82) is 5.26 Å². The molecule has 2 aliphatic rings. The molecule has 3 heterocycles. The van der Waals surface area contributed by atoms with E-state index >= 15 is 0 Å². The van der Waals surface area contributed by atoms with Crippen LogP contribution in [0.25, 0.3) is 73.3 Å². The van der Waals surface area contributed by atoms with Crippen LogP contribution in [0.2, 0.25) is 0 Å². The number of aromatic nitrogens is 4. The maximum atomic E-state index is 9.40. The van der Waals surface area contributed by atoms with Crippen LogP contribution in [0.5, 0.6) is 0 Å². The molecule has 0 saturated carbocycles. The van der Waals surface area contributed by atoms with E-state index in [-0.39, 0.29) is 0 Å². The van der Waals surface area contributed by atoms with Crippen LogP contribution in [0.15, 0.2) is 115 Å². The quantitative estimate of drug-likeness (QED) is 0.208. The fraction of sp³-hybridized carbons (Fsp3) is 0.0976. The molecule has 0 spiro atoms. The molecule has 0 radical (unpaired) electrons. The van der Waals surface area contributed by atoms with Gasteiger partial charge in [-0.1, -0.05) is 78.9 Å². The first-order valence-electron chi connectivity index (χ1n) is 15.9. The van der Waals surface area contributed by atoms with Crippen LogP contribution in [0.3, 0.4) is 0 Å². The summed E-state index contributed by atoms with van der Waals surface area (Å²) < 4.78 is 4.64. The molecule has 5 heteroatoms. The highest BCUT2D eigenvalue weighted by Gasteiger charge is 2.22. The number of rotatable bonds is 4. The van der Waals surface area contributed by atoms with Crippen molar-refractivity contribution in [1.82, 2.24) is 19.1 Å². The van der Waals surface area contributed by atoms with E-state index < -0.39 is 0 Å². The summed E-state index contributed by atoms with van der Waals surface area (Å²) in [6.07, 6.45) is 15.4. The summed E-state index contributed by atoms with van der Waals surface area (Å²) >= 11 is 0. The summed E-state index contributed by atoms with van der Waals surface area (Å²) in [6.45, 7) is 0. The van der Waals surface area contributed by atoms with Gasteiger partial charge in [0.2, 0.25) is 5.95 Å². The van der Waals surface area contributed by atoms with Crippen LogP contribution in [0, 0.1) is 11.3 Å². The molecule has 0 aliphatic heterocycles. The van der Waals surface area contributed by atoms with Crippen molar-refractivity contribution in [3.05, 3.63) is 137 Å². The molecule has 0 N–H and O–H groups in total. The molecular formula is C41H29N5. The third kappa shape index (κ3) is 4.08. The highest BCUT2D eigenvalue weighted by Crippen LogP contribution is 2.36. The minimum atomic E-state index is 0.630. The van der Waals surface area contributed by atoms with E-state index in [0.29, 0.717) is 11.5 Å². The summed E-state index contributed by atoms with van der Waals surface area (Å²) in [4.78, 5) is 10.5. The Labute approximate surface area is 266 Å². The fourth-order valence-electron chi connectivity index (χ4n) is 7.16. The molecular weight excluding hydrogens is 562 g/mol. The molecule has 3 aromatic heterocycles. The molecule has 46 heavy (non-hydrogen) atoms. The molecule has 9 rings (SSSR count). The van der Waals surface area contributed by atoms with Gasteiger partial charge >= 0.3 is 0 Å². The zero-order valence-corrected chi connectivity index (χ0v) is 25.2. The second-order valence-corrected chi connectivity index (χ2v) is 11.9. The molecule has 7 aromatic rings. The van der Waals surface area contributed by atoms with Gasteiger partial charge in [0.25, 0.3) is 0 Å². The van der Waals surface area contributed by atoms with Gasteiger partial charge < -0.3 is 4.57 Å². The fourth-order valence-corrected chi connectivity index (χ4v) is 7.16. The van der Waals surface area contributed by atoms with Gasteiger partial charge in [0.15, 0.2) is 0 Å². The number of para-hydroxylation sites is 2.